The van der Waals surface area contributed by atoms with E-state index in [-0.39, 0.29) is 11.2 Å². The fraction of sp³-hybridized carbons (Fsp3) is 0.188. The van der Waals surface area contributed by atoms with Crippen molar-refractivity contribution in [3.8, 4) is 11.3 Å². The monoisotopic (exact) mass is 359 g/mol. The topological polar surface area (TPSA) is 56.9 Å². The van der Waals surface area contributed by atoms with Crippen LogP contribution in [0.5, 0.6) is 0 Å². The van der Waals surface area contributed by atoms with Crippen LogP contribution in [0, 0.1) is 6.92 Å². The van der Waals surface area contributed by atoms with Gasteiger partial charge in [0.2, 0.25) is 0 Å². The van der Waals surface area contributed by atoms with E-state index in [4.69, 9.17) is 0 Å². The summed E-state index contributed by atoms with van der Waals surface area (Å²) in [7, 11) is 3.14. The highest BCUT2D eigenvalue weighted by Crippen LogP contribution is 2.25. The molecule has 0 aliphatic rings. The lowest BCUT2D eigenvalue weighted by Gasteiger charge is -2.12. The van der Waals surface area contributed by atoms with Crippen LogP contribution in [0.25, 0.3) is 22.2 Å². The zero-order chi connectivity index (χ0) is 16.0. The molecule has 112 valence electrons. The molecule has 5 nitrogen and oxygen atoms in total. The van der Waals surface area contributed by atoms with Gasteiger partial charge in [0, 0.05) is 29.8 Å². The van der Waals surface area contributed by atoms with Crippen molar-refractivity contribution in [2.45, 2.75) is 6.92 Å². The van der Waals surface area contributed by atoms with E-state index in [1.807, 2.05) is 31.2 Å². The lowest BCUT2D eigenvalue weighted by atomic mass is 10.1. The predicted octanol–water partition coefficient (Wildman–Crippen LogP) is 2.37. The van der Waals surface area contributed by atoms with Crippen LogP contribution in [0.4, 0.5) is 0 Å². The van der Waals surface area contributed by atoms with Crippen molar-refractivity contribution in [2.24, 2.45) is 14.1 Å². The first kappa shape index (κ1) is 14.7. The minimum atomic E-state index is -0.343. The Kier molecular flexibility index (Phi) is 3.48. The van der Waals surface area contributed by atoms with Crippen molar-refractivity contribution in [3.63, 3.8) is 0 Å². The van der Waals surface area contributed by atoms with Crippen LogP contribution in [0.3, 0.4) is 0 Å². The highest BCUT2D eigenvalue weighted by Gasteiger charge is 2.15. The molecule has 3 rings (SSSR count). The highest BCUT2D eigenvalue weighted by atomic mass is 79.9. The summed E-state index contributed by atoms with van der Waals surface area (Å²) in [6.07, 6.45) is 0. The molecule has 2 aromatic heterocycles. The van der Waals surface area contributed by atoms with Crippen LogP contribution in [-0.2, 0) is 14.1 Å². The van der Waals surface area contributed by atoms with Gasteiger partial charge in [-0.25, -0.2) is 4.79 Å². The molecule has 0 fully saturated rings. The molecule has 0 amide bonds. The molecule has 0 unspecified atom stereocenters. The third-order valence-electron chi connectivity index (χ3n) is 3.70. The van der Waals surface area contributed by atoms with Gasteiger partial charge in [-0.3, -0.25) is 18.9 Å². The van der Waals surface area contributed by atoms with E-state index in [2.05, 4.69) is 20.9 Å². The molecule has 0 N–H and O–H groups in total. The van der Waals surface area contributed by atoms with Crippen molar-refractivity contribution >= 4 is 26.8 Å². The normalized spacial score (nSPS) is 11.1. The molecular formula is C16H14BrN3O2. The van der Waals surface area contributed by atoms with Crippen LogP contribution >= 0.6 is 15.9 Å². The fourth-order valence-corrected chi connectivity index (χ4v) is 2.79. The van der Waals surface area contributed by atoms with Crippen LogP contribution in [0.15, 0.2) is 44.4 Å². The standard InChI is InChI=1S/C16H14BrN3O2/c1-9-8-12-13(15(21)20(3)16(22)19(12)2)14(18-9)10-4-6-11(17)7-5-10/h4-8H,1-3H3. The number of fused-ring (bicyclic) bond motifs is 1. The number of rotatable bonds is 1. The van der Waals surface area contributed by atoms with E-state index in [9.17, 15) is 9.59 Å². The first-order valence-electron chi connectivity index (χ1n) is 6.73. The molecule has 0 atom stereocenters. The van der Waals surface area contributed by atoms with Gasteiger partial charge in [-0.05, 0) is 25.1 Å². The Hall–Kier alpha value is -2.21. The molecule has 0 saturated carbocycles. The zero-order valence-electron chi connectivity index (χ0n) is 12.4. The molecule has 0 saturated heterocycles. The van der Waals surface area contributed by atoms with E-state index in [1.54, 1.807) is 13.1 Å². The van der Waals surface area contributed by atoms with Gasteiger partial charge in [-0.15, -0.1) is 0 Å². The minimum Gasteiger partial charge on any atom is -0.296 e. The molecule has 2 heterocycles. The number of pyridine rings is 1. The van der Waals surface area contributed by atoms with Crippen LogP contribution in [-0.4, -0.2) is 14.1 Å². The third-order valence-corrected chi connectivity index (χ3v) is 4.23. The summed E-state index contributed by atoms with van der Waals surface area (Å²) in [6.45, 7) is 1.85. The fourth-order valence-electron chi connectivity index (χ4n) is 2.53. The van der Waals surface area contributed by atoms with Crippen LogP contribution in [0.2, 0.25) is 0 Å². The maximum Gasteiger partial charge on any atom is 0.330 e. The summed E-state index contributed by atoms with van der Waals surface area (Å²) in [5.74, 6) is 0. The number of hydrogen-bond donors (Lipinski definition) is 0. The average Bonchev–Trinajstić information content (AvgIpc) is 2.50. The number of benzene rings is 1. The Bertz CT molecular complexity index is 1000. The summed E-state index contributed by atoms with van der Waals surface area (Å²) in [6, 6.07) is 9.36. The molecular weight excluding hydrogens is 346 g/mol. The van der Waals surface area contributed by atoms with Gasteiger partial charge in [0.15, 0.2) is 0 Å². The average molecular weight is 360 g/mol. The first-order chi connectivity index (χ1) is 10.4. The highest BCUT2D eigenvalue weighted by molar-refractivity contribution is 9.10. The summed E-state index contributed by atoms with van der Waals surface area (Å²) >= 11 is 3.40. The van der Waals surface area contributed by atoms with Gasteiger partial charge in [-0.1, -0.05) is 28.1 Å². The molecule has 0 bridgehead atoms. The number of hydrogen-bond acceptors (Lipinski definition) is 3. The molecule has 1 aromatic carbocycles. The van der Waals surface area contributed by atoms with Gasteiger partial charge in [0.05, 0.1) is 16.6 Å². The first-order valence-corrected chi connectivity index (χ1v) is 7.53. The smallest absolute Gasteiger partial charge is 0.296 e. The van der Waals surface area contributed by atoms with Gasteiger partial charge in [-0.2, -0.15) is 0 Å². The zero-order valence-corrected chi connectivity index (χ0v) is 14.0. The lowest BCUT2D eigenvalue weighted by molar-refractivity contribution is 0.713. The molecule has 0 spiro atoms. The molecule has 0 radical (unpaired) electrons. The molecule has 3 aromatic rings. The van der Waals surface area contributed by atoms with E-state index in [0.29, 0.717) is 16.6 Å². The van der Waals surface area contributed by atoms with E-state index in [0.717, 1.165) is 20.3 Å². The van der Waals surface area contributed by atoms with Crippen molar-refractivity contribution in [1.29, 1.82) is 0 Å². The summed E-state index contributed by atoms with van der Waals surface area (Å²) in [5.41, 5.74) is 2.12. The second-order valence-electron chi connectivity index (χ2n) is 5.22. The summed E-state index contributed by atoms with van der Waals surface area (Å²) in [5, 5.41) is 0.456. The lowest BCUT2D eigenvalue weighted by Crippen LogP contribution is -2.37. The maximum absolute atomic E-state index is 12.6. The Balaban J connectivity index is 2.53. The van der Waals surface area contributed by atoms with E-state index < -0.39 is 0 Å². The second-order valence-corrected chi connectivity index (χ2v) is 6.13. The van der Waals surface area contributed by atoms with Crippen LogP contribution in [0.1, 0.15) is 5.69 Å². The number of halogens is 1. The number of nitrogens with zero attached hydrogens (tertiary/aromatic N) is 3. The molecule has 0 aliphatic carbocycles. The molecule has 6 heteroatoms. The quantitative estimate of drug-likeness (QED) is 0.670. The van der Waals surface area contributed by atoms with E-state index >= 15 is 0 Å². The second kappa shape index (κ2) is 5.21. The largest absolute Gasteiger partial charge is 0.330 e. The van der Waals surface area contributed by atoms with Gasteiger partial charge in [0.25, 0.3) is 5.56 Å². The van der Waals surface area contributed by atoms with Crippen molar-refractivity contribution in [2.75, 3.05) is 0 Å². The molecule has 0 aliphatic heterocycles. The molecule has 22 heavy (non-hydrogen) atoms. The van der Waals surface area contributed by atoms with Gasteiger partial charge >= 0.3 is 5.69 Å². The summed E-state index contributed by atoms with van der Waals surface area (Å²) < 4.78 is 3.55. The SMILES string of the molecule is Cc1cc2c(c(-c3ccc(Br)cc3)n1)c(=O)n(C)c(=O)n2C. The Morgan fingerprint density at radius 2 is 1.68 bits per heavy atom. The van der Waals surface area contributed by atoms with Crippen molar-refractivity contribution in [3.05, 3.63) is 61.3 Å². The van der Waals surface area contributed by atoms with Crippen molar-refractivity contribution < 1.29 is 0 Å². The van der Waals surface area contributed by atoms with Gasteiger partial charge < -0.3 is 0 Å². The minimum absolute atomic E-state index is 0.330. The Morgan fingerprint density at radius 1 is 1.05 bits per heavy atom. The third kappa shape index (κ3) is 2.20. The number of aromatic nitrogens is 3. The van der Waals surface area contributed by atoms with Crippen LogP contribution < -0.4 is 11.2 Å². The van der Waals surface area contributed by atoms with Crippen molar-refractivity contribution in [1.82, 2.24) is 14.1 Å². The predicted molar refractivity (Wildman–Crippen MR) is 90.1 cm³/mol. The Morgan fingerprint density at radius 3 is 2.32 bits per heavy atom. The Labute approximate surface area is 135 Å². The summed E-state index contributed by atoms with van der Waals surface area (Å²) in [4.78, 5) is 29.2. The van der Waals surface area contributed by atoms with E-state index in [1.165, 1.54) is 11.6 Å². The maximum atomic E-state index is 12.6. The number of aryl methyl sites for hydroxylation is 2. The van der Waals surface area contributed by atoms with Gasteiger partial charge in [0.1, 0.15) is 0 Å².